The van der Waals surface area contributed by atoms with E-state index in [0.29, 0.717) is 12.0 Å². The van der Waals surface area contributed by atoms with Crippen molar-refractivity contribution in [2.45, 2.75) is 58.9 Å². The molecule has 4 saturated carbocycles. The molecule has 0 atom stereocenters. The average molecular weight is 418 g/mol. The lowest BCUT2D eigenvalue weighted by Gasteiger charge is -2.56. The number of carbonyl (C=O) groups is 1. The Morgan fingerprint density at radius 1 is 1.25 bits per heavy atom. The van der Waals surface area contributed by atoms with Crippen molar-refractivity contribution in [3.63, 3.8) is 0 Å². The van der Waals surface area contributed by atoms with Crippen LogP contribution < -0.4 is 5.32 Å². The van der Waals surface area contributed by atoms with E-state index in [1.165, 1.54) is 49.9 Å². The molecule has 1 N–H and O–H groups in total. The lowest BCUT2D eigenvalue weighted by atomic mass is 9.49. The number of aromatic nitrogens is 2. The van der Waals surface area contributed by atoms with Crippen LogP contribution in [-0.2, 0) is 6.54 Å². The van der Waals surface area contributed by atoms with E-state index < -0.39 is 0 Å². The second kappa shape index (κ2) is 6.88. The third-order valence-electron chi connectivity index (χ3n) is 7.29. The van der Waals surface area contributed by atoms with Crippen molar-refractivity contribution in [2.24, 2.45) is 23.2 Å². The lowest BCUT2D eigenvalue weighted by molar-refractivity contribution is -0.0503. The fourth-order valence-electron chi connectivity index (χ4n) is 6.44. The van der Waals surface area contributed by atoms with Crippen molar-refractivity contribution in [1.29, 1.82) is 0 Å². The predicted molar refractivity (Wildman–Crippen MR) is 113 cm³/mol. The van der Waals surface area contributed by atoms with Gasteiger partial charge in [-0.05, 0) is 92.6 Å². The van der Waals surface area contributed by atoms with E-state index in [1.807, 2.05) is 24.6 Å². The second-order valence-electron chi connectivity index (χ2n) is 9.56. The first kappa shape index (κ1) is 18.7. The maximum absolute atomic E-state index is 12.8. The van der Waals surface area contributed by atoms with Crippen molar-refractivity contribution in [2.75, 3.05) is 6.54 Å². The lowest BCUT2D eigenvalue weighted by Crippen LogP contribution is -2.51. The molecular weight excluding hydrogens is 390 g/mol. The Balaban J connectivity index is 1.22. The molecule has 4 aliphatic carbocycles. The summed E-state index contributed by atoms with van der Waals surface area (Å²) in [5, 5.41) is 10.6. The van der Waals surface area contributed by atoms with Crippen LogP contribution in [-0.4, -0.2) is 22.2 Å². The zero-order chi connectivity index (χ0) is 19.5. The Labute approximate surface area is 175 Å². The van der Waals surface area contributed by atoms with Gasteiger partial charge in [-0.1, -0.05) is 11.6 Å². The predicted octanol–water partition coefficient (Wildman–Crippen LogP) is 5.21. The number of hydrogen-bond acceptors (Lipinski definition) is 3. The fraction of sp³-hybridized carbons (Fsp3) is 0.636. The standard InChI is InChI=1S/C22H28ClN3OS/c1-13-20(23)14(2)26(25-13)10-18-6-19(28-11-18)21(27)24-12-22-7-15-3-16(8-22)5-17(4-15)9-22/h6,11,15-17H,3-5,7-10,12H2,1-2H3,(H,24,27). The molecular formula is C22H28ClN3OS. The molecule has 4 bridgehead atoms. The number of carbonyl (C=O) groups excluding carboxylic acids is 1. The molecule has 1 amide bonds. The number of nitrogens with zero attached hydrogens (tertiary/aromatic N) is 2. The summed E-state index contributed by atoms with van der Waals surface area (Å²) in [5.74, 6) is 2.84. The summed E-state index contributed by atoms with van der Waals surface area (Å²) < 4.78 is 1.91. The monoisotopic (exact) mass is 417 g/mol. The third kappa shape index (κ3) is 3.30. The van der Waals surface area contributed by atoms with Gasteiger partial charge in [0.2, 0.25) is 0 Å². The maximum Gasteiger partial charge on any atom is 0.261 e. The Kier molecular flexibility index (Phi) is 4.59. The zero-order valence-electron chi connectivity index (χ0n) is 16.6. The van der Waals surface area contributed by atoms with Crippen molar-refractivity contribution >= 4 is 28.8 Å². The smallest absolute Gasteiger partial charge is 0.261 e. The molecule has 2 heterocycles. The third-order valence-corrected chi connectivity index (χ3v) is 8.82. The van der Waals surface area contributed by atoms with E-state index in [9.17, 15) is 4.79 Å². The van der Waals surface area contributed by atoms with Crippen LogP contribution in [0.1, 0.15) is 65.1 Å². The molecule has 0 saturated heterocycles. The number of rotatable bonds is 5. The van der Waals surface area contributed by atoms with E-state index >= 15 is 0 Å². The van der Waals surface area contributed by atoms with Crippen LogP contribution in [0.4, 0.5) is 0 Å². The minimum atomic E-state index is 0.0818. The van der Waals surface area contributed by atoms with Gasteiger partial charge >= 0.3 is 0 Å². The number of aryl methyl sites for hydroxylation is 1. The number of amides is 1. The molecule has 0 radical (unpaired) electrons. The van der Waals surface area contributed by atoms with Crippen LogP contribution in [0.25, 0.3) is 0 Å². The summed E-state index contributed by atoms with van der Waals surface area (Å²) in [4.78, 5) is 13.6. The van der Waals surface area contributed by atoms with Gasteiger partial charge in [0.05, 0.1) is 27.8 Å². The van der Waals surface area contributed by atoms with E-state index in [-0.39, 0.29) is 5.91 Å². The number of thiophene rings is 1. The van der Waals surface area contributed by atoms with Gasteiger partial charge in [-0.3, -0.25) is 9.48 Å². The second-order valence-corrected chi connectivity index (χ2v) is 10.9. The Morgan fingerprint density at radius 2 is 1.89 bits per heavy atom. The molecule has 6 rings (SSSR count). The molecule has 2 aromatic heterocycles. The molecule has 0 spiro atoms. The maximum atomic E-state index is 12.8. The van der Waals surface area contributed by atoms with E-state index in [2.05, 4.69) is 15.8 Å². The minimum Gasteiger partial charge on any atom is -0.351 e. The molecule has 28 heavy (non-hydrogen) atoms. The average Bonchev–Trinajstić information content (AvgIpc) is 3.20. The molecule has 150 valence electrons. The highest BCUT2D eigenvalue weighted by atomic mass is 35.5. The summed E-state index contributed by atoms with van der Waals surface area (Å²) in [5.41, 5.74) is 3.30. The van der Waals surface area contributed by atoms with Gasteiger partial charge in [-0.25, -0.2) is 0 Å². The number of hydrogen-bond donors (Lipinski definition) is 1. The Bertz CT molecular complexity index is 880. The van der Waals surface area contributed by atoms with Gasteiger partial charge in [0, 0.05) is 6.54 Å². The first-order valence-electron chi connectivity index (χ1n) is 10.5. The van der Waals surface area contributed by atoms with Gasteiger partial charge < -0.3 is 5.32 Å². The van der Waals surface area contributed by atoms with Crippen LogP contribution in [0.3, 0.4) is 0 Å². The summed E-state index contributed by atoms with van der Waals surface area (Å²) in [6.45, 7) is 5.41. The first-order chi connectivity index (χ1) is 13.4. The minimum absolute atomic E-state index is 0.0818. The van der Waals surface area contributed by atoms with E-state index in [1.54, 1.807) is 0 Å². The SMILES string of the molecule is Cc1nn(Cc2csc(C(=O)NCC34CC5CC(CC(C5)C3)C4)c2)c(C)c1Cl. The van der Waals surface area contributed by atoms with Crippen LogP contribution in [0.15, 0.2) is 11.4 Å². The molecule has 0 aromatic carbocycles. The Morgan fingerprint density at radius 3 is 2.46 bits per heavy atom. The van der Waals surface area contributed by atoms with Crippen molar-refractivity contribution in [3.8, 4) is 0 Å². The molecule has 4 aliphatic rings. The molecule has 4 fully saturated rings. The van der Waals surface area contributed by atoms with Gasteiger partial charge in [0.1, 0.15) is 0 Å². The van der Waals surface area contributed by atoms with Gasteiger partial charge in [0.15, 0.2) is 0 Å². The van der Waals surface area contributed by atoms with Crippen LogP contribution in [0, 0.1) is 37.0 Å². The molecule has 0 unspecified atom stereocenters. The molecule has 6 heteroatoms. The molecule has 0 aliphatic heterocycles. The number of nitrogens with one attached hydrogen (secondary N) is 1. The largest absolute Gasteiger partial charge is 0.351 e. The van der Waals surface area contributed by atoms with Gasteiger partial charge in [0.25, 0.3) is 5.91 Å². The highest BCUT2D eigenvalue weighted by Gasteiger charge is 2.50. The van der Waals surface area contributed by atoms with E-state index in [4.69, 9.17) is 11.6 Å². The van der Waals surface area contributed by atoms with Gasteiger partial charge in [-0.15, -0.1) is 11.3 Å². The summed E-state index contributed by atoms with van der Waals surface area (Å²) >= 11 is 7.77. The topological polar surface area (TPSA) is 46.9 Å². The summed E-state index contributed by atoms with van der Waals surface area (Å²) in [6, 6.07) is 2.00. The van der Waals surface area contributed by atoms with Crippen molar-refractivity contribution in [1.82, 2.24) is 15.1 Å². The fourth-order valence-corrected chi connectivity index (χ4v) is 7.40. The zero-order valence-corrected chi connectivity index (χ0v) is 18.2. The number of halogens is 1. The van der Waals surface area contributed by atoms with Crippen LogP contribution in [0.5, 0.6) is 0 Å². The van der Waals surface area contributed by atoms with Gasteiger partial charge in [-0.2, -0.15) is 5.10 Å². The highest BCUT2D eigenvalue weighted by Crippen LogP contribution is 2.59. The first-order valence-corrected chi connectivity index (χ1v) is 11.7. The highest BCUT2D eigenvalue weighted by molar-refractivity contribution is 7.12. The molecule has 2 aromatic rings. The quantitative estimate of drug-likeness (QED) is 0.725. The van der Waals surface area contributed by atoms with Crippen LogP contribution in [0.2, 0.25) is 5.02 Å². The van der Waals surface area contributed by atoms with Crippen LogP contribution >= 0.6 is 22.9 Å². The normalized spacial score (nSPS) is 30.8. The summed E-state index contributed by atoms with van der Waals surface area (Å²) in [6.07, 6.45) is 8.31. The van der Waals surface area contributed by atoms with Crippen molar-refractivity contribution in [3.05, 3.63) is 38.3 Å². The Hall–Kier alpha value is -1.33. The summed E-state index contributed by atoms with van der Waals surface area (Å²) in [7, 11) is 0. The molecule has 4 nitrogen and oxygen atoms in total. The van der Waals surface area contributed by atoms with E-state index in [0.717, 1.165) is 51.1 Å². The van der Waals surface area contributed by atoms with Crippen molar-refractivity contribution < 1.29 is 4.79 Å².